The summed E-state index contributed by atoms with van der Waals surface area (Å²) in [6, 6.07) is 77.0. The average molecular weight is 1270 g/mol. The van der Waals surface area contributed by atoms with E-state index in [2.05, 4.69) is 267 Å². The van der Waals surface area contributed by atoms with Gasteiger partial charge in [-0.3, -0.25) is 0 Å². The summed E-state index contributed by atoms with van der Waals surface area (Å²) in [6.45, 7) is 22.3. The van der Waals surface area contributed by atoms with Gasteiger partial charge in [-0.15, -0.1) is 48.3 Å². The molecule has 420 valence electrons. The summed E-state index contributed by atoms with van der Waals surface area (Å²) in [6.07, 6.45) is 3.82. The molecule has 9 aromatic carbocycles. The first kappa shape index (κ1) is 53.1. The molecule has 0 saturated carbocycles. The van der Waals surface area contributed by atoms with E-state index in [0.717, 1.165) is 85.8 Å². The molecule has 0 atom stereocenters. The number of hydrogen-bond acceptors (Lipinski definition) is 5. The standard InChI is InChI=1S/C77H73N4O.Pt/c1-51-43-71(78-49-66(51)65-31-22-32-67-72(65)77(10,11)42-41-76(67,8)9)79-68-47-57(74(2,3)4)37-40-62(68)54-35-38-60(39-36-54)82-61-28-20-27-59(48-61)80-50-81(70-34-19-18-33-69(70)80)73-63(53-25-16-13-17-26-53)29-21-30-64(73)56-44-55(52-23-14-12-15-24-52)45-58(46-56)75(5,6)7;/h12-38,40,43-47,49-50H,41-42H2,1-11H3,(H,78,79);/q-3;/i1D3;. The van der Waals surface area contributed by atoms with Crippen LogP contribution in [0.2, 0.25) is 0 Å². The van der Waals surface area contributed by atoms with Crippen molar-refractivity contribution in [3.8, 4) is 67.1 Å². The summed E-state index contributed by atoms with van der Waals surface area (Å²) in [7, 11) is 0. The number of aryl methyl sites for hydroxylation is 1. The number of anilines is 6. The van der Waals surface area contributed by atoms with Crippen LogP contribution < -0.4 is 19.9 Å². The Morgan fingerprint density at radius 1 is 0.542 bits per heavy atom. The summed E-state index contributed by atoms with van der Waals surface area (Å²) in [5.74, 6) is 1.54. The molecule has 2 heterocycles. The molecular formula is C77H73N4OPt-3. The first-order valence-electron chi connectivity index (χ1n) is 30.2. The summed E-state index contributed by atoms with van der Waals surface area (Å²) < 4.78 is 33.1. The normalized spacial score (nSPS) is 15.0. The molecular weight excluding hydrogens is 1190 g/mol. The number of hydrogen-bond donors (Lipinski definition) is 1. The van der Waals surface area contributed by atoms with Crippen molar-refractivity contribution in [2.24, 2.45) is 0 Å². The minimum atomic E-state index is -2.40. The minimum absolute atomic E-state index is 0. The Morgan fingerprint density at radius 2 is 1.18 bits per heavy atom. The maximum absolute atomic E-state index is 8.84. The molecule has 0 spiro atoms. The van der Waals surface area contributed by atoms with Crippen molar-refractivity contribution in [2.45, 2.75) is 111 Å². The molecule has 0 radical (unpaired) electrons. The van der Waals surface area contributed by atoms with Crippen molar-refractivity contribution >= 4 is 34.3 Å². The molecule has 0 bridgehead atoms. The average Bonchev–Trinajstić information content (AvgIpc) is 1.89. The molecule has 12 rings (SSSR count). The fourth-order valence-electron chi connectivity index (χ4n) is 12.0. The first-order chi connectivity index (χ1) is 40.5. The molecule has 83 heavy (non-hydrogen) atoms. The number of para-hydroxylation sites is 3. The molecule has 1 aromatic heterocycles. The molecule has 0 unspecified atom stereocenters. The minimum Gasteiger partial charge on any atom is -0.509 e. The van der Waals surface area contributed by atoms with Crippen LogP contribution in [-0.2, 0) is 42.7 Å². The van der Waals surface area contributed by atoms with Crippen molar-refractivity contribution in [2.75, 3.05) is 15.1 Å². The zero-order valence-corrected chi connectivity index (χ0v) is 51.5. The number of nitrogens with one attached hydrogen (secondary N) is 1. The summed E-state index contributed by atoms with van der Waals surface area (Å²) in [4.78, 5) is 9.49. The van der Waals surface area contributed by atoms with Gasteiger partial charge in [0.05, 0.1) is 0 Å². The van der Waals surface area contributed by atoms with Crippen molar-refractivity contribution < 1.29 is 29.9 Å². The van der Waals surface area contributed by atoms with Gasteiger partial charge < -0.3 is 19.9 Å². The number of benzene rings is 9. The largest absolute Gasteiger partial charge is 0.509 e. The molecule has 10 aromatic rings. The maximum atomic E-state index is 8.84. The van der Waals surface area contributed by atoms with Gasteiger partial charge in [-0.1, -0.05) is 208 Å². The van der Waals surface area contributed by atoms with E-state index >= 15 is 0 Å². The van der Waals surface area contributed by atoms with E-state index in [9.17, 15) is 0 Å². The van der Waals surface area contributed by atoms with Crippen LogP contribution >= 0.6 is 0 Å². The van der Waals surface area contributed by atoms with Gasteiger partial charge in [0, 0.05) is 82.3 Å². The number of aromatic nitrogens is 1. The van der Waals surface area contributed by atoms with Crippen LogP contribution in [-0.4, -0.2) is 4.98 Å². The summed E-state index contributed by atoms with van der Waals surface area (Å²) in [5, 5.41) is 3.59. The van der Waals surface area contributed by atoms with Crippen LogP contribution in [0.15, 0.2) is 206 Å². The van der Waals surface area contributed by atoms with Crippen LogP contribution in [0.25, 0.3) is 55.6 Å². The van der Waals surface area contributed by atoms with E-state index in [-0.39, 0.29) is 48.3 Å². The number of nitrogens with zero attached hydrogens (tertiary/aromatic N) is 3. The second kappa shape index (κ2) is 22.3. The smallest absolute Gasteiger partial charge is 0.130 e. The fourth-order valence-corrected chi connectivity index (χ4v) is 12.0. The quantitative estimate of drug-likeness (QED) is 0.131. The molecule has 6 heteroatoms. The van der Waals surface area contributed by atoms with Gasteiger partial charge >= 0.3 is 0 Å². The zero-order valence-electron chi connectivity index (χ0n) is 52.2. The number of rotatable bonds is 11. The van der Waals surface area contributed by atoms with Crippen LogP contribution in [0.4, 0.5) is 34.3 Å². The fraction of sp³-hybridized carbons (Fsp3) is 0.221. The van der Waals surface area contributed by atoms with Gasteiger partial charge in [-0.05, 0) is 127 Å². The van der Waals surface area contributed by atoms with Crippen LogP contribution in [0, 0.1) is 25.7 Å². The van der Waals surface area contributed by atoms with Gasteiger partial charge in [0.2, 0.25) is 0 Å². The van der Waals surface area contributed by atoms with Crippen molar-refractivity contribution in [1.29, 1.82) is 0 Å². The van der Waals surface area contributed by atoms with Crippen molar-refractivity contribution in [3.63, 3.8) is 0 Å². The predicted molar refractivity (Wildman–Crippen MR) is 344 cm³/mol. The van der Waals surface area contributed by atoms with E-state index < -0.39 is 6.85 Å². The van der Waals surface area contributed by atoms with Gasteiger partial charge in [0.1, 0.15) is 5.82 Å². The number of fused-ring (bicyclic) bond motifs is 2. The SMILES string of the molecule is [2H]C([2H])([2H])c1cc(Nc2cc(C(C)(C)C)ccc2-c2c[c-]c(Oc3[c-]c(N4[CH-]N(c5c(-c6ccccc6)cccc5-c5cc(-c6ccccc6)cc(C(C)(C)C)c5)c5ccccc54)ccc3)cc2)ncc1-c1cccc2c1C(C)(C)CCC2(C)C.[Pt]. The Balaban J connectivity index is 0.00000768. The zero-order chi connectivity index (χ0) is 59.6. The van der Waals surface area contributed by atoms with E-state index in [0.29, 0.717) is 22.9 Å². The Bertz CT molecular complexity index is 4120. The monoisotopic (exact) mass is 1270 g/mol. The molecule has 0 fully saturated rings. The third kappa shape index (κ3) is 11.3. The molecule has 0 saturated heterocycles. The topological polar surface area (TPSA) is 40.6 Å². The molecule has 5 nitrogen and oxygen atoms in total. The van der Waals surface area contributed by atoms with Crippen LogP contribution in [0.3, 0.4) is 0 Å². The van der Waals surface area contributed by atoms with Crippen LogP contribution in [0.1, 0.15) is 114 Å². The van der Waals surface area contributed by atoms with E-state index in [1.807, 2.05) is 30.3 Å². The molecule has 1 N–H and O–H groups in total. The molecule has 0 amide bonds. The van der Waals surface area contributed by atoms with Gasteiger partial charge in [-0.2, -0.15) is 18.2 Å². The second-order valence-corrected chi connectivity index (χ2v) is 25.5. The first-order valence-corrected chi connectivity index (χ1v) is 28.7. The van der Waals surface area contributed by atoms with E-state index in [4.69, 9.17) is 13.8 Å². The Hall–Kier alpha value is -7.98. The summed E-state index contributed by atoms with van der Waals surface area (Å²) in [5.41, 5.74) is 19.7. The molecule has 1 aliphatic heterocycles. The van der Waals surface area contributed by atoms with Crippen LogP contribution in [0.5, 0.6) is 11.5 Å². The number of pyridine rings is 1. The van der Waals surface area contributed by atoms with Gasteiger partial charge in [0.15, 0.2) is 0 Å². The molecule has 2 aliphatic rings. The third-order valence-electron chi connectivity index (χ3n) is 16.7. The predicted octanol–water partition coefficient (Wildman–Crippen LogP) is 21.2. The number of ether oxygens (including phenoxy) is 1. The van der Waals surface area contributed by atoms with Gasteiger partial charge in [-0.25, -0.2) is 4.98 Å². The molecule has 1 aliphatic carbocycles. The third-order valence-corrected chi connectivity index (χ3v) is 16.7. The Morgan fingerprint density at radius 3 is 1.88 bits per heavy atom. The second-order valence-electron chi connectivity index (χ2n) is 25.5. The Labute approximate surface area is 512 Å². The maximum Gasteiger partial charge on any atom is 0.130 e. The Kier molecular flexibility index (Phi) is 14.3. The van der Waals surface area contributed by atoms with Gasteiger partial charge in [0.25, 0.3) is 0 Å². The summed E-state index contributed by atoms with van der Waals surface area (Å²) >= 11 is 0. The van der Waals surface area contributed by atoms with Crippen molar-refractivity contribution in [3.05, 3.63) is 253 Å². The van der Waals surface area contributed by atoms with E-state index in [1.165, 1.54) is 27.8 Å². The van der Waals surface area contributed by atoms with E-state index in [1.54, 1.807) is 12.3 Å². The van der Waals surface area contributed by atoms with Crippen molar-refractivity contribution in [1.82, 2.24) is 4.98 Å².